The molecule has 32 heavy (non-hydrogen) atoms. The van der Waals surface area contributed by atoms with Gasteiger partial charge < -0.3 is 15.8 Å². The van der Waals surface area contributed by atoms with E-state index < -0.39 is 6.03 Å². The van der Waals surface area contributed by atoms with E-state index in [2.05, 4.69) is 20.4 Å². The van der Waals surface area contributed by atoms with E-state index in [4.69, 9.17) is 15.3 Å². The number of anilines is 2. The molecule has 3 aromatic heterocycles. The van der Waals surface area contributed by atoms with Gasteiger partial charge in [0.15, 0.2) is 5.82 Å². The minimum Gasteiger partial charge on any atom is -0.480 e. The van der Waals surface area contributed by atoms with Gasteiger partial charge in [-0.1, -0.05) is 30.3 Å². The molecule has 1 aromatic carbocycles. The van der Waals surface area contributed by atoms with Gasteiger partial charge in [-0.25, -0.2) is 19.3 Å². The number of ether oxygens (including phenoxy) is 1. The van der Waals surface area contributed by atoms with Gasteiger partial charge in [0.25, 0.3) is 0 Å². The van der Waals surface area contributed by atoms with Crippen LogP contribution in [0.2, 0.25) is 0 Å². The molecule has 10 nitrogen and oxygen atoms in total. The van der Waals surface area contributed by atoms with Gasteiger partial charge >= 0.3 is 6.03 Å². The molecule has 5 rings (SSSR count). The first-order valence-electron chi connectivity index (χ1n) is 10.1. The molecule has 4 heterocycles. The number of nitrogens with zero attached hydrogens (tertiary/aromatic N) is 5. The second-order valence-corrected chi connectivity index (χ2v) is 7.25. The van der Waals surface area contributed by atoms with Crippen LogP contribution in [0.5, 0.6) is 5.88 Å². The quantitative estimate of drug-likeness (QED) is 0.509. The zero-order valence-corrected chi connectivity index (χ0v) is 17.3. The monoisotopic (exact) mass is 431 g/mol. The highest BCUT2D eigenvalue weighted by Gasteiger charge is 2.32. The topological polar surface area (TPSA) is 120 Å². The normalized spacial score (nSPS) is 15.8. The Morgan fingerprint density at radius 3 is 2.88 bits per heavy atom. The van der Waals surface area contributed by atoms with Crippen molar-refractivity contribution in [3.8, 4) is 17.1 Å². The molecule has 0 radical (unpaired) electrons. The van der Waals surface area contributed by atoms with Crippen LogP contribution >= 0.6 is 0 Å². The number of methoxy groups -OCH3 is 1. The fourth-order valence-corrected chi connectivity index (χ4v) is 3.83. The Balaban J connectivity index is 1.45. The number of hydrogen-bond donors (Lipinski definition) is 2. The fourth-order valence-electron chi connectivity index (χ4n) is 3.83. The van der Waals surface area contributed by atoms with Crippen LogP contribution in [0.1, 0.15) is 18.0 Å². The molecule has 1 aliphatic rings. The number of hydrogen-bond acceptors (Lipinski definition) is 7. The average Bonchev–Trinajstić information content (AvgIpc) is 3.48. The molecule has 3 N–H and O–H groups in total. The van der Waals surface area contributed by atoms with Crippen molar-refractivity contribution in [3.63, 3.8) is 0 Å². The average molecular weight is 431 g/mol. The van der Waals surface area contributed by atoms with Gasteiger partial charge in [0.1, 0.15) is 17.5 Å². The number of benzene rings is 1. The second-order valence-electron chi connectivity index (χ2n) is 7.25. The highest BCUT2D eigenvalue weighted by molar-refractivity contribution is 5.91. The minimum atomic E-state index is -0.403. The molecule has 0 saturated carbocycles. The number of carbonyl (C=O) groups is 1. The Bertz CT molecular complexity index is 1280. The van der Waals surface area contributed by atoms with Crippen molar-refractivity contribution in [3.05, 3.63) is 66.6 Å². The SMILES string of the molecule is COc1ncc(-c2ccc3c(N)ncnn23)cc1NC(=O)N1OCC[C@H]1c1ccccc1. The molecule has 0 spiro atoms. The van der Waals surface area contributed by atoms with E-state index in [1.165, 1.54) is 18.5 Å². The van der Waals surface area contributed by atoms with E-state index in [1.807, 2.05) is 42.5 Å². The van der Waals surface area contributed by atoms with Crippen LogP contribution in [0.25, 0.3) is 16.8 Å². The smallest absolute Gasteiger partial charge is 0.346 e. The third kappa shape index (κ3) is 3.46. The summed E-state index contributed by atoms with van der Waals surface area (Å²) < 4.78 is 7.03. The van der Waals surface area contributed by atoms with Gasteiger partial charge in [-0.05, 0) is 23.8 Å². The van der Waals surface area contributed by atoms with Crippen LogP contribution in [-0.4, -0.2) is 44.4 Å². The lowest BCUT2D eigenvalue weighted by Gasteiger charge is -2.23. The predicted molar refractivity (Wildman–Crippen MR) is 118 cm³/mol. The number of pyridine rings is 1. The van der Waals surface area contributed by atoms with Crippen LogP contribution in [0.4, 0.5) is 16.3 Å². The minimum absolute atomic E-state index is 0.174. The van der Waals surface area contributed by atoms with Crippen molar-refractivity contribution in [1.82, 2.24) is 24.6 Å². The molecular weight excluding hydrogens is 410 g/mol. The van der Waals surface area contributed by atoms with Crippen LogP contribution in [-0.2, 0) is 4.84 Å². The van der Waals surface area contributed by atoms with E-state index in [1.54, 1.807) is 16.8 Å². The Kier molecular flexibility index (Phi) is 5.04. The zero-order valence-electron chi connectivity index (χ0n) is 17.3. The third-order valence-electron chi connectivity index (χ3n) is 5.35. The molecule has 2 amide bonds. The number of urea groups is 1. The zero-order chi connectivity index (χ0) is 22.1. The van der Waals surface area contributed by atoms with Crippen molar-refractivity contribution in [2.24, 2.45) is 0 Å². The summed E-state index contributed by atoms with van der Waals surface area (Å²) in [5.74, 6) is 0.659. The van der Waals surface area contributed by atoms with Crippen LogP contribution in [0, 0.1) is 0 Å². The largest absolute Gasteiger partial charge is 0.480 e. The summed E-state index contributed by atoms with van der Waals surface area (Å²) >= 11 is 0. The van der Waals surface area contributed by atoms with Gasteiger partial charge in [-0.3, -0.25) is 4.84 Å². The molecule has 4 aromatic rings. The van der Waals surface area contributed by atoms with E-state index in [-0.39, 0.29) is 11.9 Å². The summed E-state index contributed by atoms with van der Waals surface area (Å²) in [7, 11) is 1.50. The van der Waals surface area contributed by atoms with Crippen molar-refractivity contribution >= 4 is 23.1 Å². The molecule has 10 heteroatoms. The van der Waals surface area contributed by atoms with Crippen molar-refractivity contribution < 1.29 is 14.4 Å². The van der Waals surface area contributed by atoms with E-state index in [9.17, 15) is 4.79 Å². The van der Waals surface area contributed by atoms with E-state index in [0.717, 1.165) is 16.8 Å². The van der Waals surface area contributed by atoms with Gasteiger partial charge in [-0.2, -0.15) is 10.2 Å². The standard InChI is InChI=1S/C22H21N7O3/c1-31-21-16(27-22(30)29-18(9-10-32-29)14-5-3-2-4-6-14)11-15(12-24-21)17-7-8-19-20(23)25-13-26-28(17)19/h2-8,11-13,18H,9-10H2,1H3,(H,27,30)(H2,23,25,26)/t18-/m0/s1. The summed E-state index contributed by atoms with van der Waals surface area (Å²) in [6.45, 7) is 0.458. The first-order chi connectivity index (χ1) is 15.7. The molecule has 1 aliphatic heterocycles. The number of carbonyl (C=O) groups excluding carboxylic acids is 1. The molecule has 0 bridgehead atoms. The molecular formula is C22H21N7O3. The van der Waals surface area contributed by atoms with Crippen molar-refractivity contribution in [2.45, 2.75) is 12.5 Å². The molecule has 1 saturated heterocycles. The molecule has 1 atom stereocenters. The van der Waals surface area contributed by atoms with Crippen molar-refractivity contribution in [2.75, 3.05) is 24.8 Å². The number of nitrogens with one attached hydrogen (secondary N) is 1. The number of aromatic nitrogens is 4. The maximum absolute atomic E-state index is 13.1. The van der Waals surface area contributed by atoms with Crippen LogP contribution < -0.4 is 15.8 Å². The summed E-state index contributed by atoms with van der Waals surface area (Å²) in [5.41, 5.74) is 9.51. The lowest BCUT2D eigenvalue weighted by atomic mass is 10.1. The number of fused-ring (bicyclic) bond motifs is 1. The summed E-state index contributed by atoms with van der Waals surface area (Å²) in [4.78, 5) is 27.1. The Morgan fingerprint density at radius 1 is 1.22 bits per heavy atom. The molecule has 1 fully saturated rings. The number of nitrogens with two attached hydrogens (primary N) is 1. The number of amides is 2. The summed E-state index contributed by atoms with van der Waals surface area (Å²) in [6.07, 6.45) is 3.75. The Labute approximate surface area is 183 Å². The van der Waals surface area contributed by atoms with E-state index >= 15 is 0 Å². The Morgan fingerprint density at radius 2 is 2.06 bits per heavy atom. The fraction of sp³-hybridized carbons (Fsp3) is 0.182. The van der Waals surface area contributed by atoms with Gasteiger partial charge in [0.2, 0.25) is 5.88 Å². The highest BCUT2D eigenvalue weighted by Crippen LogP contribution is 2.33. The molecule has 0 unspecified atom stereocenters. The van der Waals surface area contributed by atoms with Gasteiger partial charge in [0, 0.05) is 18.2 Å². The van der Waals surface area contributed by atoms with Crippen molar-refractivity contribution in [1.29, 1.82) is 0 Å². The lowest BCUT2D eigenvalue weighted by Crippen LogP contribution is -2.33. The van der Waals surface area contributed by atoms with Gasteiger partial charge in [0.05, 0.1) is 25.5 Å². The number of rotatable bonds is 4. The predicted octanol–water partition coefficient (Wildman–Crippen LogP) is 3.29. The second kappa shape index (κ2) is 8.16. The third-order valence-corrected chi connectivity index (χ3v) is 5.35. The summed E-state index contributed by atoms with van der Waals surface area (Å²) in [6, 6.07) is 14.7. The highest BCUT2D eigenvalue weighted by atomic mass is 16.7. The number of hydroxylamine groups is 2. The van der Waals surface area contributed by atoms with Crippen LogP contribution in [0.3, 0.4) is 0 Å². The maximum Gasteiger partial charge on any atom is 0.346 e. The molecule has 162 valence electrons. The van der Waals surface area contributed by atoms with Gasteiger partial charge in [-0.15, -0.1) is 0 Å². The number of nitrogen functional groups attached to an aromatic ring is 1. The maximum atomic E-state index is 13.1. The molecule has 0 aliphatic carbocycles. The Hall–Kier alpha value is -4.18. The van der Waals surface area contributed by atoms with Crippen LogP contribution in [0.15, 0.2) is 61.1 Å². The first-order valence-corrected chi connectivity index (χ1v) is 10.1. The first kappa shape index (κ1) is 19.8. The summed E-state index contributed by atoms with van der Waals surface area (Å²) in [5, 5.41) is 8.50. The lowest BCUT2D eigenvalue weighted by molar-refractivity contribution is -0.0830. The van der Waals surface area contributed by atoms with E-state index in [0.29, 0.717) is 30.0 Å².